The van der Waals surface area contributed by atoms with E-state index >= 15 is 0 Å². The minimum atomic E-state index is -0.391. The second kappa shape index (κ2) is 6.10. The Balaban J connectivity index is 1.53. The fourth-order valence-corrected chi connectivity index (χ4v) is 3.34. The third kappa shape index (κ3) is 3.14. The standard InChI is InChI=1S/C18H12FN3O2S/c19-13-4-1-10(2-5-13)17(24)22-18-21-15(9-25-18)11-3-6-14-12(7-11)8-16(23)20-14/h1-7,9H,8H2,(H,20,23)(H,21,22,24). The molecule has 0 spiro atoms. The normalized spacial score (nSPS) is 12.6. The summed E-state index contributed by atoms with van der Waals surface area (Å²) in [5.41, 5.74) is 3.73. The summed E-state index contributed by atoms with van der Waals surface area (Å²) < 4.78 is 12.9. The van der Waals surface area contributed by atoms with Gasteiger partial charge in [0.1, 0.15) is 5.82 Å². The van der Waals surface area contributed by atoms with E-state index in [1.807, 2.05) is 23.6 Å². The number of nitrogens with zero attached hydrogens (tertiary/aromatic N) is 1. The molecule has 0 radical (unpaired) electrons. The highest BCUT2D eigenvalue weighted by molar-refractivity contribution is 7.14. The SMILES string of the molecule is O=C1Cc2cc(-c3csc(NC(=O)c4ccc(F)cc4)n3)ccc2N1. The molecule has 2 heterocycles. The molecule has 1 aliphatic rings. The van der Waals surface area contributed by atoms with Crippen LogP contribution in [0.4, 0.5) is 15.2 Å². The van der Waals surface area contributed by atoms with E-state index in [1.165, 1.54) is 35.6 Å². The lowest BCUT2D eigenvalue weighted by Crippen LogP contribution is -2.11. The molecule has 5 nitrogen and oxygen atoms in total. The molecule has 2 aromatic carbocycles. The molecule has 4 rings (SSSR count). The van der Waals surface area contributed by atoms with Crippen LogP contribution in [0.25, 0.3) is 11.3 Å². The number of carbonyl (C=O) groups excluding carboxylic acids is 2. The summed E-state index contributed by atoms with van der Waals surface area (Å²) in [5, 5.41) is 7.79. The van der Waals surface area contributed by atoms with E-state index in [2.05, 4.69) is 15.6 Å². The lowest BCUT2D eigenvalue weighted by Gasteiger charge is -2.02. The Bertz CT molecular complexity index is 982. The van der Waals surface area contributed by atoms with Gasteiger partial charge in [-0.15, -0.1) is 11.3 Å². The van der Waals surface area contributed by atoms with Gasteiger partial charge in [-0.25, -0.2) is 9.37 Å². The van der Waals surface area contributed by atoms with Crippen LogP contribution in [0.1, 0.15) is 15.9 Å². The van der Waals surface area contributed by atoms with Gasteiger partial charge < -0.3 is 5.32 Å². The fraction of sp³-hybridized carbons (Fsp3) is 0.0556. The fourth-order valence-electron chi connectivity index (χ4n) is 2.62. The molecule has 124 valence electrons. The zero-order chi connectivity index (χ0) is 17.4. The summed E-state index contributed by atoms with van der Waals surface area (Å²) in [6.45, 7) is 0. The summed E-state index contributed by atoms with van der Waals surface area (Å²) in [6, 6.07) is 11.0. The second-order valence-electron chi connectivity index (χ2n) is 5.60. The Kier molecular flexibility index (Phi) is 3.77. The number of amides is 2. The van der Waals surface area contributed by atoms with Crippen LogP contribution in [-0.4, -0.2) is 16.8 Å². The van der Waals surface area contributed by atoms with Crippen molar-refractivity contribution in [2.75, 3.05) is 10.6 Å². The molecule has 0 unspecified atom stereocenters. The minimum absolute atomic E-state index is 0.0160. The summed E-state index contributed by atoms with van der Waals surface area (Å²) in [4.78, 5) is 28.0. The first kappa shape index (κ1) is 15.5. The Hall–Kier alpha value is -3.06. The highest BCUT2D eigenvalue weighted by atomic mass is 32.1. The molecule has 0 saturated carbocycles. The summed E-state index contributed by atoms with van der Waals surface area (Å²) in [7, 11) is 0. The Morgan fingerprint density at radius 3 is 2.80 bits per heavy atom. The Labute approximate surface area is 146 Å². The molecule has 3 aromatic rings. The molecule has 7 heteroatoms. The van der Waals surface area contributed by atoms with Crippen LogP contribution in [-0.2, 0) is 11.2 Å². The molecule has 0 bridgehead atoms. The Morgan fingerprint density at radius 1 is 1.20 bits per heavy atom. The zero-order valence-electron chi connectivity index (χ0n) is 12.9. The highest BCUT2D eigenvalue weighted by Crippen LogP contribution is 2.30. The number of hydrogen-bond acceptors (Lipinski definition) is 4. The molecular formula is C18H12FN3O2S. The van der Waals surface area contributed by atoms with Crippen molar-refractivity contribution in [1.29, 1.82) is 0 Å². The summed E-state index contributed by atoms with van der Waals surface area (Å²) >= 11 is 1.30. The number of fused-ring (bicyclic) bond motifs is 1. The van der Waals surface area contributed by atoms with Crippen molar-refractivity contribution in [1.82, 2.24) is 4.98 Å². The number of benzene rings is 2. The van der Waals surface area contributed by atoms with Crippen molar-refractivity contribution in [2.45, 2.75) is 6.42 Å². The van der Waals surface area contributed by atoms with Gasteiger partial charge in [0.15, 0.2) is 5.13 Å². The lowest BCUT2D eigenvalue weighted by atomic mass is 10.1. The first-order valence-electron chi connectivity index (χ1n) is 7.54. The lowest BCUT2D eigenvalue weighted by molar-refractivity contribution is -0.115. The van der Waals surface area contributed by atoms with E-state index in [0.717, 1.165) is 22.5 Å². The van der Waals surface area contributed by atoms with Gasteiger partial charge in [-0.1, -0.05) is 6.07 Å². The zero-order valence-corrected chi connectivity index (χ0v) is 13.7. The average Bonchev–Trinajstić information content (AvgIpc) is 3.20. The van der Waals surface area contributed by atoms with E-state index in [9.17, 15) is 14.0 Å². The number of halogens is 1. The quantitative estimate of drug-likeness (QED) is 0.754. The highest BCUT2D eigenvalue weighted by Gasteiger charge is 2.18. The van der Waals surface area contributed by atoms with Crippen molar-refractivity contribution >= 4 is 34.0 Å². The predicted molar refractivity (Wildman–Crippen MR) is 94.2 cm³/mol. The van der Waals surface area contributed by atoms with Crippen LogP contribution in [0.5, 0.6) is 0 Å². The van der Waals surface area contributed by atoms with Crippen molar-refractivity contribution in [3.05, 3.63) is 64.8 Å². The summed E-state index contributed by atoms with van der Waals surface area (Å²) in [6.07, 6.45) is 0.363. The third-order valence-corrected chi connectivity index (χ3v) is 4.61. The van der Waals surface area contributed by atoms with Crippen LogP contribution >= 0.6 is 11.3 Å². The van der Waals surface area contributed by atoms with E-state index in [0.29, 0.717) is 17.1 Å². The van der Waals surface area contributed by atoms with E-state index in [-0.39, 0.29) is 11.8 Å². The van der Waals surface area contributed by atoms with Crippen LogP contribution in [0.2, 0.25) is 0 Å². The topological polar surface area (TPSA) is 71.1 Å². The molecule has 1 aliphatic heterocycles. The van der Waals surface area contributed by atoms with Gasteiger partial charge in [0.05, 0.1) is 12.1 Å². The maximum absolute atomic E-state index is 12.9. The molecule has 25 heavy (non-hydrogen) atoms. The number of rotatable bonds is 3. The predicted octanol–water partition coefficient (Wildman–Crippen LogP) is 3.70. The minimum Gasteiger partial charge on any atom is -0.326 e. The molecule has 0 aliphatic carbocycles. The van der Waals surface area contributed by atoms with E-state index in [1.54, 1.807) is 0 Å². The van der Waals surface area contributed by atoms with Crippen molar-refractivity contribution in [2.24, 2.45) is 0 Å². The molecule has 0 fully saturated rings. The number of carbonyl (C=O) groups is 2. The van der Waals surface area contributed by atoms with Gasteiger partial charge in [-0.05, 0) is 42.0 Å². The largest absolute Gasteiger partial charge is 0.326 e. The van der Waals surface area contributed by atoms with Gasteiger partial charge >= 0.3 is 0 Å². The molecule has 1 aromatic heterocycles. The van der Waals surface area contributed by atoms with Gasteiger partial charge in [0.2, 0.25) is 5.91 Å². The number of nitrogens with one attached hydrogen (secondary N) is 2. The van der Waals surface area contributed by atoms with Crippen molar-refractivity contribution in [3.63, 3.8) is 0 Å². The van der Waals surface area contributed by atoms with Crippen LogP contribution < -0.4 is 10.6 Å². The number of anilines is 2. The smallest absolute Gasteiger partial charge is 0.257 e. The summed E-state index contributed by atoms with van der Waals surface area (Å²) in [5.74, 6) is -0.750. The number of thiazole rings is 1. The number of hydrogen-bond donors (Lipinski definition) is 2. The van der Waals surface area contributed by atoms with Gasteiger partial charge in [0, 0.05) is 22.2 Å². The number of aromatic nitrogens is 1. The average molecular weight is 353 g/mol. The third-order valence-electron chi connectivity index (χ3n) is 3.86. The van der Waals surface area contributed by atoms with Crippen molar-refractivity contribution in [3.8, 4) is 11.3 Å². The second-order valence-corrected chi connectivity index (χ2v) is 6.45. The monoisotopic (exact) mass is 353 g/mol. The molecular weight excluding hydrogens is 341 g/mol. The first-order valence-corrected chi connectivity index (χ1v) is 8.42. The molecule has 0 atom stereocenters. The molecule has 0 saturated heterocycles. The Morgan fingerprint density at radius 2 is 2.00 bits per heavy atom. The maximum atomic E-state index is 12.9. The molecule has 2 amide bonds. The molecule has 2 N–H and O–H groups in total. The van der Waals surface area contributed by atoms with Gasteiger partial charge in [0.25, 0.3) is 5.91 Å². The van der Waals surface area contributed by atoms with E-state index < -0.39 is 5.82 Å². The van der Waals surface area contributed by atoms with Gasteiger partial charge in [-0.3, -0.25) is 14.9 Å². The van der Waals surface area contributed by atoms with Crippen molar-refractivity contribution < 1.29 is 14.0 Å². The van der Waals surface area contributed by atoms with Crippen LogP contribution in [0.3, 0.4) is 0 Å². The van der Waals surface area contributed by atoms with Crippen LogP contribution in [0, 0.1) is 5.82 Å². The maximum Gasteiger partial charge on any atom is 0.257 e. The van der Waals surface area contributed by atoms with Crippen LogP contribution in [0.15, 0.2) is 47.8 Å². The van der Waals surface area contributed by atoms with Gasteiger partial charge in [-0.2, -0.15) is 0 Å². The van der Waals surface area contributed by atoms with E-state index in [4.69, 9.17) is 0 Å². The first-order chi connectivity index (χ1) is 12.1.